The van der Waals surface area contributed by atoms with Gasteiger partial charge in [0, 0.05) is 0 Å². The molecule has 1 aliphatic rings. The second kappa shape index (κ2) is 13.8. The van der Waals surface area contributed by atoms with Gasteiger partial charge in [-0.2, -0.15) is 12.1 Å². The number of hydrogen-bond donors (Lipinski definition) is 0. The Morgan fingerprint density at radius 3 is 1.26 bits per heavy atom. The zero-order valence-corrected chi connectivity index (χ0v) is 33.5. The SMILES string of the molecule is CC(C)(C)c1ccc(-c2cccc3[cH-]c(C4(c5cc6c(-c7ccc(C(C)(C)C)cc7)cccc6[cH-]5)CCCCC4)cc23)cc1.[CH3-].[CH3-].[Hf+4]. The first-order valence-corrected chi connectivity index (χ1v) is 16.6. The summed E-state index contributed by atoms with van der Waals surface area (Å²) in [7, 11) is 0. The van der Waals surface area contributed by atoms with E-state index in [4.69, 9.17) is 0 Å². The fraction of sp³-hybridized carbons (Fsp3) is 0.304. The van der Waals surface area contributed by atoms with Gasteiger partial charge in [0.05, 0.1) is 0 Å². The van der Waals surface area contributed by atoms with Gasteiger partial charge in [0.2, 0.25) is 0 Å². The van der Waals surface area contributed by atoms with E-state index in [2.05, 4.69) is 151 Å². The standard InChI is InChI=1S/C44H46.2CH3.Hf/c1-42(2,3)34-20-16-30(17-21-34)38-14-10-12-32-26-36(28-40(32)38)44(24-8-7-9-25-44)37-27-33-13-11-15-39(41(33)29-37)31-18-22-35(23-19-31)43(4,5)6;;;/h10-23,26-29H,7-9,24-25H2,1-6H3;2*1H3;/q-2;2*-1;+4. The summed E-state index contributed by atoms with van der Waals surface area (Å²) in [6.45, 7) is 13.7. The third-order valence-corrected chi connectivity index (χ3v) is 10.4. The molecule has 0 atom stereocenters. The van der Waals surface area contributed by atoms with E-state index in [0.717, 1.165) is 0 Å². The van der Waals surface area contributed by atoms with E-state index in [1.165, 1.54) is 98.2 Å². The van der Waals surface area contributed by atoms with Crippen LogP contribution in [0.3, 0.4) is 0 Å². The molecule has 0 radical (unpaired) electrons. The topological polar surface area (TPSA) is 0 Å². The van der Waals surface area contributed by atoms with E-state index in [1.54, 1.807) is 0 Å². The maximum Gasteiger partial charge on any atom is 4.00 e. The molecule has 1 aliphatic carbocycles. The molecule has 1 heteroatoms. The quantitative estimate of drug-likeness (QED) is 0.123. The van der Waals surface area contributed by atoms with Crippen molar-refractivity contribution in [3.05, 3.63) is 146 Å². The minimum atomic E-state index is 0. The molecule has 0 unspecified atom stereocenters. The molecule has 0 aromatic heterocycles. The van der Waals surface area contributed by atoms with Crippen molar-refractivity contribution >= 4 is 21.5 Å². The number of fused-ring (bicyclic) bond motifs is 2. The molecular weight excluding hydrogens is 731 g/mol. The van der Waals surface area contributed by atoms with Gasteiger partial charge in [0.15, 0.2) is 0 Å². The summed E-state index contributed by atoms with van der Waals surface area (Å²) in [6, 6.07) is 42.3. The molecule has 7 rings (SSSR count). The van der Waals surface area contributed by atoms with Crippen LogP contribution in [0, 0.1) is 14.9 Å². The maximum atomic E-state index is 2.54. The van der Waals surface area contributed by atoms with Crippen LogP contribution in [-0.2, 0) is 42.1 Å². The fourth-order valence-electron chi connectivity index (χ4n) is 7.72. The van der Waals surface area contributed by atoms with Gasteiger partial charge in [-0.3, -0.25) is 0 Å². The molecule has 47 heavy (non-hydrogen) atoms. The molecule has 0 N–H and O–H groups in total. The number of rotatable bonds is 4. The monoisotopic (exact) mass is 784 g/mol. The van der Waals surface area contributed by atoms with Gasteiger partial charge in [0.1, 0.15) is 0 Å². The molecular formula is C46H52Hf. The Balaban J connectivity index is 0.00000167. The second-order valence-electron chi connectivity index (χ2n) is 15.4. The molecule has 240 valence electrons. The predicted octanol–water partition coefficient (Wildman–Crippen LogP) is 13.5. The minimum absolute atomic E-state index is 0. The molecule has 0 aliphatic heterocycles. The Bertz CT molecular complexity index is 1780. The third kappa shape index (κ3) is 6.80. The van der Waals surface area contributed by atoms with Crippen molar-refractivity contribution in [2.75, 3.05) is 0 Å². The molecule has 0 bridgehead atoms. The molecule has 1 fully saturated rings. The van der Waals surface area contributed by atoms with Crippen molar-refractivity contribution in [3.63, 3.8) is 0 Å². The summed E-state index contributed by atoms with van der Waals surface area (Å²) in [5.74, 6) is 0. The van der Waals surface area contributed by atoms with Crippen molar-refractivity contribution in [3.8, 4) is 22.3 Å². The zero-order valence-electron chi connectivity index (χ0n) is 29.9. The Morgan fingerprint density at radius 2 is 0.894 bits per heavy atom. The maximum absolute atomic E-state index is 2.54. The first-order valence-electron chi connectivity index (χ1n) is 16.6. The van der Waals surface area contributed by atoms with Crippen LogP contribution in [0.4, 0.5) is 0 Å². The van der Waals surface area contributed by atoms with Crippen LogP contribution in [0.1, 0.15) is 95.9 Å². The summed E-state index contributed by atoms with van der Waals surface area (Å²) in [5.41, 5.74) is 11.4. The van der Waals surface area contributed by atoms with Crippen LogP contribution in [0.5, 0.6) is 0 Å². The van der Waals surface area contributed by atoms with Gasteiger partial charge >= 0.3 is 25.8 Å². The summed E-state index contributed by atoms with van der Waals surface area (Å²) < 4.78 is 0. The largest absolute Gasteiger partial charge is 4.00 e. The smallest absolute Gasteiger partial charge is 0.358 e. The van der Waals surface area contributed by atoms with Gasteiger partial charge in [-0.05, 0) is 51.3 Å². The molecule has 0 spiro atoms. The average Bonchev–Trinajstić information content (AvgIpc) is 3.66. The van der Waals surface area contributed by atoms with Crippen molar-refractivity contribution in [1.29, 1.82) is 0 Å². The molecule has 1 saturated carbocycles. The Kier molecular flexibility index (Phi) is 10.8. The summed E-state index contributed by atoms with van der Waals surface area (Å²) in [4.78, 5) is 0. The second-order valence-corrected chi connectivity index (χ2v) is 15.4. The Hall–Kier alpha value is -3.03. The van der Waals surface area contributed by atoms with E-state index >= 15 is 0 Å². The Morgan fingerprint density at radius 1 is 0.511 bits per heavy atom. The Labute approximate surface area is 304 Å². The molecule has 0 nitrogen and oxygen atoms in total. The van der Waals surface area contributed by atoms with E-state index in [9.17, 15) is 0 Å². The van der Waals surface area contributed by atoms with E-state index < -0.39 is 0 Å². The van der Waals surface area contributed by atoms with Gasteiger partial charge in [-0.15, -0.1) is 69.1 Å². The third-order valence-electron chi connectivity index (χ3n) is 10.4. The molecule has 6 aromatic rings. The summed E-state index contributed by atoms with van der Waals surface area (Å²) in [5, 5.41) is 5.48. The molecule has 0 amide bonds. The molecule has 0 saturated heterocycles. The summed E-state index contributed by atoms with van der Waals surface area (Å²) >= 11 is 0. The predicted molar refractivity (Wildman–Crippen MR) is 204 cm³/mol. The van der Waals surface area contributed by atoms with Gasteiger partial charge in [-0.1, -0.05) is 133 Å². The zero-order chi connectivity index (χ0) is 30.7. The number of benzene rings is 4. The van der Waals surface area contributed by atoms with Crippen LogP contribution in [0.15, 0.2) is 109 Å². The van der Waals surface area contributed by atoms with Gasteiger partial charge in [-0.25, -0.2) is 0 Å². The fourth-order valence-corrected chi connectivity index (χ4v) is 7.72. The normalized spacial score (nSPS) is 14.7. The minimum Gasteiger partial charge on any atom is -0.358 e. The average molecular weight is 783 g/mol. The van der Waals surface area contributed by atoms with Crippen molar-refractivity contribution in [2.45, 2.75) is 89.9 Å². The van der Waals surface area contributed by atoms with Crippen LogP contribution < -0.4 is 0 Å². The van der Waals surface area contributed by atoms with Crippen LogP contribution in [0.25, 0.3) is 43.8 Å². The summed E-state index contributed by atoms with van der Waals surface area (Å²) in [6.07, 6.45) is 6.32. The van der Waals surface area contributed by atoms with Gasteiger partial charge < -0.3 is 14.9 Å². The van der Waals surface area contributed by atoms with Crippen molar-refractivity contribution in [2.24, 2.45) is 0 Å². The first kappa shape index (κ1) is 36.8. The van der Waals surface area contributed by atoms with Crippen LogP contribution >= 0.6 is 0 Å². The van der Waals surface area contributed by atoms with Gasteiger partial charge in [0.25, 0.3) is 0 Å². The number of hydrogen-bond acceptors (Lipinski definition) is 0. The van der Waals surface area contributed by atoms with Crippen molar-refractivity contribution < 1.29 is 25.8 Å². The molecule has 6 aromatic carbocycles. The van der Waals surface area contributed by atoms with Crippen molar-refractivity contribution in [1.82, 2.24) is 0 Å². The van der Waals surface area contributed by atoms with E-state index in [0.29, 0.717) is 0 Å². The van der Waals surface area contributed by atoms with E-state index in [-0.39, 0.29) is 56.9 Å². The molecule has 0 heterocycles. The van der Waals surface area contributed by atoms with Crippen LogP contribution in [-0.4, -0.2) is 0 Å². The van der Waals surface area contributed by atoms with E-state index in [1.807, 2.05) is 0 Å². The first-order chi connectivity index (χ1) is 21.0. The van der Waals surface area contributed by atoms with Crippen LogP contribution in [0.2, 0.25) is 0 Å².